The molecular formula is C32H27ClF4N8O5S. The number of carbonyl (C=O) groups excluding carboxylic acids is 1. The minimum atomic E-state index is -3.83. The summed E-state index contributed by atoms with van der Waals surface area (Å²) in [6, 6.07) is 9.88. The van der Waals surface area contributed by atoms with Gasteiger partial charge < -0.3 is 10.1 Å². The van der Waals surface area contributed by atoms with Gasteiger partial charge in [0.2, 0.25) is 15.9 Å². The van der Waals surface area contributed by atoms with Crippen molar-refractivity contribution in [2.45, 2.75) is 25.4 Å². The number of fused-ring (bicyclic) bond motifs is 2. The van der Waals surface area contributed by atoms with Crippen LogP contribution in [0.2, 0.25) is 5.02 Å². The predicted octanol–water partition coefficient (Wildman–Crippen LogP) is 4.82. The Kier molecular flexibility index (Phi) is 9.47. The molecule has 13 nitrogen and oxygen atoms in total. The van der Waals surface area contributed by atoms with E-state index in [1.165, 1.54) is 55.4 Å². The molecule has 0 spiro atoms. The maximum absolute atomic E-state index is 14.5. The zero-order chi connectivity index (χ0) is 36.8. The highest BCUT2D eigenvalue weighted by Gasteiger charge is 2.28. The van der Waals surface area contributed by atoms with Gasteiger partial charge in [-0.3, -0.25) is 28.2 Å². The van der Waals surface area contributed by atoms with Gasteiger partial charge in [-0.25, -0.2) is 31.0 Å². The zero-order valence-corrected chi connectivity index (χ0v) is 28.4. The van der Waals surface area contributed by atoms with E-state index in [2.05, 4.69) is 20.2 Å². The molecular weight excluding hydrogens is 720 g/mol. The second kappa shape index (κ2) is 13.7. The number of nitrogens with one attached hydrogen (secondary N) is 2. The maximum atomic E-state index is 14.5. The molecule has 3 aromatic heterocycles. The van der Waals surface area contributed by atoms with Crippen molar-refractivity contribution in [3.05, 3.63) is 105 Å². The van der Waals surface area contributed by atoms with Gasteiger partial charge in [-0.15, -0.1) is 0 Å². The van der Waals surface area contributed by atoms with Crippen LogP contribution in [0.15, 0.2) is 65.6 Å². The Bertz CT molecular complexity index is 2480. The van der Waals surface area contributed by atoms with E-state index in [1.54, 1.807) is 0 Å². The lowest BCUT2D eigenvalue weighted by Crippen LogP contribution is -2.37. The van der Waals surface area contributed by atoms with Gasteiger partial charge in [0.05, 0.1) is 51.9 Å². The quantitative estimate of drug-likeness (QED) is 0.179. The van der Waals surface area contributed by atoms with E-state index >= 15 is 0 Å². The topological polar surface area (TPSA) is 155 Å². The lowest BCUT2D eigenvalue weighted by Gasteiger charge is -2.24. The van der Waals surface area contributed by atoms with Crippen molar-refractivity contribution in [2.24, 2.45) is 7.05 Å². The number of hydrogen-bond donors (Lipinski definition) is 2. The second-order valence-electron chi connectivity index (χ2n) is 11.5. The first-order valence-corrected chi connectivity index (χ1v) is 17.2. The molecule has 1 atom stereocenters. The number of nitrogens with zero attached hydrogens (tertiary/aromatic N) is 6. The van der Waals surface area contributed by atoms with Gasteiger partial charge in [-0.05, 0) is 48.0 Å². The third kappa shape index (κ3) is 7.36. The molecule has 2 N–H and O–H groups in total. The summed E-state index contributed by atoms with van der Waals surface area (Å²) in [7, 11) is -0.930. The van der Waals surface area contributed by atoms with Gasteiger partial charge in [0.15, 0.2) is 5.82 Å². The Morgan fingerprint density at radius 3 is 2.41 bits per heavy atom. The van der Waals surface area contributed by atoms with Crippen LogP contribution in [0, 0.1) is 11.6 Å². The first kappa shape index (κ1) is 35.3. The van der Waals surface area contributed by atoms with E-state index in [9.17, 15) is 35.6 Å². The highest BCUT2D eigenvalue weighted by Crippen LogP contribution is 2.35. The van der Waals surface area contributed by atoms with E-state index in [-0.39, 0.29) is 56.1 Å². The molecule has 0 aliphatic heterocycles. The fraction of sp³-hybridized carbons (Fsp3) is 0.219. The van der Waals surface area contributed by atoms with Gasteiger partial charge in [0, 0.05) is 31.8 Å². The molecule has 266 valence electrons. The number of carbonyl (C=O) groups is 1. The van der Waals surface area contributed by atoms with Gasteiger partial charge in [-0.1, -0.05) is 11.6 Å². The van der Waals surface area contributed by atoms with Crippen LogP contribution >= 0.6 is 11.6 Å². The van der Waals surface area contributed by atoms with Gasteiger partial charge in [0.25, 0.3) is 12.0 Å². The fourth-order valence-corrected chi connectivity index (χ4v) is 6.44. The number of benzene rings is 3. The molecule has 0 saturated heterocycles. The molecule has 6 rings (SSSR count). The van der Waals surface area contributed by atoms with Crippen LogP contribution in [0.5, 0.6) is 5.75 Å². The van der Waals surface area contributed by atoms with Crippen LogP contribution in [-0.4, -0.2) is 56.8 Å². The molecule has 0 aliphatic rings. The average Bonchev–Trinajstić information content (AvgIpc) is 3.64. The van der Waals surface area contributed by atoms with Gasteiger partial charge in [0.1, 0.15) is 35.4 Å². The van der Waals surface area contributed by atoms with Crippen LogP contribution < -0.4 is 20.3 Å². The van der Waals surface area contributed by atoms with E-state index in [4.69, 9.17) is 21.3 Å². The van der Waals surface area contributed by atoms with Crippen LogP contribution in [0.25, 0.3) is 27.5 Å². The first-order chi connectivity index (χ1) is 24.1. The molecule has 51 heavy (non-hydrogen) atoms. The van der Waals surface area contributed by atoms with Gasteiger partial charge >= 0.3 is 0 Å². The van der Waals surface area contributed by atoms with Crippen molar-refractivity contribution in [3.63, 3.8) is 0 Å². The number of alkyl halides is 2. The maximum Gasteiger partial charge on any atom is 0.282 e. The highest BCUT2D eigenvalue weighted by molar-refractivity contribution is 7.92. The summed E-state index contributed by atoms with van der Waals surface area (Å²) in [4.78, 5) is 32.8. The summed E-state index contributed by atoms with van der Waals surface area (Å²) in [5.41, 5.74) is -0.706. The van der Waals surface area contributed by atoms with Crippen molar-refractivity contribution in [3.8, 4) is 11.4 Å². The molecule has 1 amide bonds. The Labute approximate surface area is 291 Å². The van der Waals surface area contributed by atoms with Crippen molar-refractivity contribution >= 4 is 55.2 Å². The molecule has 0 saturated carbocycles. The third-order valence-electron chi connectivity index (χ3n) is 7.74. The normalized spacial score (nSPS) is 12.5. The summed E-state index contributed by atoms with van der Waals surface area (Å²) in [6.07, 6.45) is -1.08. The average molecular weight is 747 g/mol. The number of rotatable bonds is 11. The number of hydrogen-bond acceptors (Lipinski definition) is 8. The lowest BCUT2D eigenvalue weighted by atomic mass is 10.0. The zero-order valence-electron chi connectivity index (χ0n) is 26.9. The summed E-state index contributed by atoms with van der Waals surface area (Å²) in [6.45, 7) is -0.542. The van der Waals surface area contributed by atoms with E-state index < -0.39 is 57.8 Å². The minimum absolute atomic E-state index is 0.0739. The van der Waals surface area contributed by atoms with Crippen LogP contribution in [0.4, 0.5) is 23.4 Å². The summed E-state index contributed by atoms with van der Waals surface area (Å²) in [5, 5.41) is 11.0. The summed E-state index contributed by atoms with van der Waals surface area (Å²) in [5.74, 6) is -2.49. The predicted molar refractivity (Wildman–Crippen MR) is 180 cm³/mol. The van der Waals surface area contributed by atoms with E-state index in [0.717, 1.165) is 33.7 Å². The van der Waals surface area contributed by atoms with Crippen LogP contribution in [0.1, 0.15) is 29.5 Å². The number of anilines is 1. The number of halogens is 5. The first-order valence-electron chi connectivity index (χ1n) is 14.9. The largest absolute Gasteiger partial charge is 0.497 e. The Morgan fingerprint density at radius 2 is 1.76 bits per heavy atom. The number of ether oxygens (including phenoxy) is 1. The molecule has 0 unspecified atom stereocenters. The van der Waals surface area contributed by atoms with E-state index in [1.807, 2.05) is 0 Å². The number of sulfonamides is 1. The standard InChI is InChI=1S/C32H27ClF4N8O5S/c1-43-28-25(7-6-21(33)27(28)30(41-43)42-51(3,48)49)45-31(39-23-14-19(50-2)4-5-20(23)32(45)47)24(12-16-10-17(34)13-18(35)11-16)38-26(46)15-44-9-8-22(40-44)29(36)37/h4-11,13-14,24,29H,12,15H2,1-3H3,(H,38,46)(H,41,42)/t24-/m0/s1. The Morgan fingerprint density at radius 1 is 1.04 bits per heavy atom. The number of aromatic nitrogens is 6. The summed E-state index contributed by atoms with van der Waals surface area (Å²) < 4.78 is 90.7. The van der Waals surface area contributed by atoms with Crippen LogP contribution in [0.3, 0.4) is 0 Å². The Balaban J connectivity index is 1.60. The SMILES string of the molecule is COc1ccc2c(=O)n(-c3ccc(Cl)c4c(NS(C)(=O)=O)nn(C)c34)c([C@H](Cc3cc(F)cc(F)c3)NC(=O)Cn3ccc(C(F)F)n3)nc2c1. The molecule has 0 fully saturated rings. The van der Waals surface area contributed by atoms with Crippen molar-refractivity contribution < 1.29 is 35.5 Å². The highest BCUT2D eigenvalue weighted by atomic mass is 35.5. The monoisotopic (exact) mass is 746 g/mol. The number of methoxy groups -OCH3 is 1. The molecule has 6 aromatic rings. The lowest BCUT2D eigenvalue weighted by molar-refractivity contribution is -0.122. The van der Waals surface area contributed by atoms with Crippen molar-refractivity contribution in [1.29, 1.82) is 0 Å². The molecule has 0 aliphatic carbocycles. The summed E-state index contributed by atoms with van der Waals surface area (Å²) >= 11 is 6.55. The fourth-order valence-electron chi connectivity index (χ4n) is 5.70. The van der Waals surface area contributed by atoms with Crippen LogP contribution in [-0.2, 0) is 34.8 Å². The van der Waals surface area contributed by atoms with Crippen molar-refractivity contribution in [2.75, 3.05) is 18.1 Å². The number of amides is 1. The molecule has 19 heteroatoms. The second-order valence-corrected chi connectivity index (χ2v) is 13.6. The smallest absolute Gasteiger partial charge is 0.282 e. The molecule has 0 radical (unpaired) electrons. The molecule has 3 aromatic carbocycles. The molecule has 3 heterocycles. The molecule has 0 bridgehead atoms. The van der Waals surface area contributed by atoms with Gasteiger partial charge in [-0.2, -0.15) is 10.2 Å². The van der Waals surface area contributed by atoms with E-state index in [0.29, 0.717) is 11.8 Å². The number of aryl methyl sites for hydroxylation is 1. The minimum Gasteiger partial charge on any atom is -0.497 e. The van der Waals surface area contributed by atoms with Crippen molar-refractivity contribution in [1.82, 2.24) is 34.4 Å². The Hall–Kier alpha value is -5.49. The third-order valence-corrected chi connectivity index (χ3v) is 8.62.